The van der Waals surface area contributed by atoms with Crippen LogP contribution in [0.5, 0.6) is 5.75 Å². The lowest BCUT2D eigenvalue weighted by Gasteiger charge is -2.37. The summed E-state index contributed by atoms with van der Waals surface area (Å²) in [4.78, 5) is 13.4. The topological polar surface area (TPSA) is 50.8 Å². The molecule has 0 aromatic heterocycles. The second-order valence-corrected chi connectivity index (χ2v) is 6.20. The fourth-order valence-electron chi connectivity index (χ4n) is 2.93. The van der Waals surface area contributed by atoms with E-state index in [0.717, 1.165) is 31.8 Å². The number of nitrogens with zero attached hydrogens (tertiary/aromatic N) is 1. The van der Waals surface area contributed by atoms with Gasteiger partial charge < -0.3 is 19.7 Å². The molecule has 1 N–H and O–H groups in total. The van der Waals surface area contributed by atoms with Crippen LogP contribution in [0.3, 0.4) is 0 Å². The minimum absolute atomic E-state index is 0.180. The van der Waals surface area contributed by atoms with Crippen LogP contribution < -0.4 is 10.1 Å². The highest BCUT2D eigenvalue weighted by atomic mass is 16.5. The van der Waals surface area contributed by atoms with E-state index in [9.17, 15) is 4.79 Å². The molecule has 2 rings (SSSR count). The minimum atomic E-state index is 0.180. The summed E-state index contributed by atoms with van der Waals surface area (Å²) in [5, 5.41) is 3.62. The Labute approximate surface area is 139 Å². The Kier molecular flexibility index (Phi) is 6.86. The third-order valence-electron chi connectivity index (χ3n) is 4.40. The first-order valence-corrected chi connectivity index (χ1v) is 8.29. The monoisotopic (exact) mass is 320 g/mol. The second-order valence-electron chi connectivity index (χ2n) is 6.20. The van der Waals surface area contributed by atoms with Crippen molar-refractivity contribution in [2.75, 3.05) is 33.4 Å². The molecule has 1 amide bonds. The van der Waals surface area contributed by atoms with Crippen molar-refractivity contribution in [3.05, 3.63) is 29.8 Å². The number of methoxy groups -OCH3 is 1. The smallest absolute Gasteiger partial charge is 0.219 e. The van der Waals surface area contributed by atoms with E-state index in [1.54, 1.807) is 14.0 Å². The molecule has 0 spiro atoms. The summed E-state index contributed by atoms with van der Waals surface area (Å²) in [6.07, 6.45) is 1.01. The number of piperidine rings is 1. The zero-order chi connectivity index (χ0) is 16.7. The van der Waals surface area contributed by atoms with Crippen molar-refractivity contribution >= 4 is 5.91 Å². The standard InChI is InChI=1S/C18H28N2O3/c1-14-13-20(15(2)21)9-8-18(14)19-12-16-4-6-17(7-5-16)23-11-10-22-3/h4-7,14,18-19H,8-13H2,1-3H3/t14-,18+/m0/s1. The lowest BCUT2D eigenvalue weighted by molar-refractivity contribution is -0.130. The van der Waals surface area contributed by atoms with E-state index in [0.29, 0.717) is 25.2 Å². The number of nitrogens with one attached hydrogen (secondary N) is 1. The van der Waals surface area contributed by atoms with Gasteiger partial charge in [-0.15, -0.1) is 0 Å². The Morgan fingerprint density at radius 3 is 2.65 bits per heavy atom. The van der Waals surface area contributed by atoms with E-state index >= 15 is 0 Å². The quantitative estimate of drug-likeness (QED) is 0.781. The van der Waals surface area contributed by atoms with Crippen LogP contribution in [0, 0.1) is 5.92 Å². The average molecular weight is 320 g/mol. The number of hydrogen-bond donors (Lipinski definition) is 1. The Balaban J connectivity index is 1.76. The van der Waals surface area contributed by atoms with Gasteiger partial charge in [0.1, 0.15) is 12.4 Å². The molecule has 1 aliphatic heterocycles. The summed E-state index contributed by atoms with van der Waals surface area (Å²) >= 11 is 0. The highest BCUT2D eigenvalue weighted by Crippen LogP contribution is 2.18. The van der Waals surface area contributed by atoms with Crippen molar-refractivity contribution in [1.29, 1.82) is 0 Å². The summed E-state index contributed by atoms with van der Waals surface area (Å²) < 4.78 is 10.5. The number of carbonyl (C=O) groups excluding carboxylic acids is 1. The highest BCUT2D eigenvalue weighted by molar-refractivity contribution is 5.73. The van der Waals surface area contributed by atoms with Gasteiger partial charge in [-0.25, -0.2) is 0 Å². The third-order valence-corrected chi connectivity index (χ3v) is 4.40. The van der Waals surface area contributed by atoms with Gasteiger partial charge in [0, 0.05) is 39.7 Å². The van der Waals surface area contributed by atoms with Gasteiger partial charge in [0.2, 0.25) is 5.91 Å². The number of amides is 1. The first kappa shape index (κ1) is 17.8. The maximum absolute atomic E-state index is 11.4. The molecule has 0 bridgehead atoms. The molecule has 128 valence electrons. The Morgan fingerprint density at radius 1 is 1.30 bits per heavy atom. The summed E-state index contributed by atoms with van der Waals surface area (Å²) in [6, 6.07) is 8.63. The fraction of sp³-hybridized carbons (Fsp3) is 0.611. The van der Waals surface area contributed by atoms with E-state index in [-0.39, 0.29) is 5.91 Å². The molecule has 0 radical (unpaired) electrons. The zero-order valence-electron chi connectivity index (χ0n) is 14.4. The molecule has 0 aliphatic carbocycles. The van der Waals surface area contributed by atoms with Gasteiger partial charge in [0.05, 0.1) is 6.61 Å². The summed E-state index contributed by atoms with van der Waals surface area (Å²) in [7, 11) is 1.67. The number of hydrogen-bond acceptors (Lipinski definition) is 4. The minimum Gasteiger partial charge on any atom is -0.491 e. The van der Waals surface area contributed by atoms with E-state index in [2.05, 4.69) is 24.4 Å². The van der Waals surface area contributed by atoms with Crippen LogP contribution in [0.4, 0.5) is 0 Å². The second kappa shape index (κ2) is 8.89. The molecule has 1 fully saturated rings. The first-order valence-electron chi connectivity index (χ1n) is 8.29. The van der Waals surface area contributed by atoms with Crippen LogP contribution in [0.2, 0.25) is 0 Å². The summed E-state index contributed by atoms with van der Waals surface area (Å²) in [6.45, 7) is 7.56. The van der Waals surface area contributed by atoms with Crippen molar-refractivity contribution in [3.63, 3.8) is 0 Å². The van der Waals surface area contributed by atoms with Crippen LogP contribution >= 0.6 is 0 Å². The molecule has 2 atom stereocenters. The lowest BCUT2D eigenvalue weighted by atomic mass is 9.93. The number of ether oxygens (including phenoxy) is 2. The number of benzene rings is 1. The number of likely N-dealkylation sites (tertiary alicyclic amines) is 1. The van der Waals surface area contributed by atoms with Gasteiger partial charge >= 0.3 is 0 Å². The number of carbonyl (C=O) groups is 1. The normalized spacial score (nSPS) is 21.3. The van der Waals surface area contributed by atoms with Crippen LogP contribution in [-0.2, 0) is 16.1 Å². The van der Waals surface area contributed by atoms with Crippen LogP contribution in [0.25, 0.3) is 0 Å². The molecule has 1 aromatic rings. The van der Waals surface area contributed by atoms with Crippen molar-refractivity contribution < 1.29 is 14.3 Å². The maximum Gasteiger partial charge on any atom is 0.219 e. The Bertz CT molecular complexity index is 490. The van der Waals surface area contributed by atoms with Crippen molar-refractivity contribution in [2.24, 2.45) is 5.92 Å². The molecule has 0 unspecified atom stereocenters. The van der Waals surface area contributed by atoms with Gasteiger partial charge in [-0.05, 0) is 30.0 Å². The van der Waals surface area contributed by atoms with Gasteiger partial charge in [0.15, 0.2) is 0 Å². The predicted octanol–water partition coefficient (Wildman–Crippen LogP) is 2.06. The zero-order valence-corrected chi connectivity index (χ0v) is 14.4. The average Bonchev–Trinajstić information content (AvgIpc) is 2.55. The Morgan fingerprint density at radius 2 is 2.04 bits per heavy atom. The third kappa shape index (κ3) is 5.52. The summed E-state index contributed by atoms with van der Waals surface area (Å²) in [5.74, 6) is 1.53. The molecule has 1 heterocycles. The van der Waals surface area contributed by atoms with Gasteiger partial charge in [-0.3, -0.25) is 4.79 Å². The van der Waals surface area contributed by atoms with E-state index in [1.807, 2.05) is 17.0 Å². The molecule has 5 heteroatoms. The van der Waals surface area contributed by atoms with Crippen molar-refractivity contribution in [3.8, 4) is 5.75 Å². The molecule has 1 aromatic carbocycles. The van der Waals surface area contributed by atoms with Crippen molar-refractivity contribution in [2.45, 2.75) is 32.9 Å². The SMILES string of the molecule is COCCOc1ccc(CN[C@@H]2CCN(C(C)=O)C[C@@H]2C)cc1. The molecular weight excluding hydrogens is 292 g/mol. The van der Waals surface area contributed by atoms with E-state index in [1.165, 1.54) is 5.56 Å². The van der Waals surface area contributed by atoms with Gasteiger partial charge in [0.25, 0.3) is 0 Å². The van der Waals surface area contributed by atoms with Gasteiger partial charge in [-0.2, -0.15) is 0 Å². The van der Waals surface area contributed by atoms with E-state index < -0.39 is 0 Å². The summed E-state index contributed by atoms with van der Waals surface area (Å²) in [5.41, 5.74) is 1.24. The Hall–Kier alpha value is -1.59. The molecule has 1 aliphatic rings. The molecule has 1 saturated heterocycles. The number of rotatable bonds is 7. The largest absolute Gasteiger partial charge is 0.491 e. The first-order chi connectivity index (χ1) is 11.1. The predicted molar refractivity (Wildman–Crippen MR) is 90.5 cm³/mol. The molecular formula is C18H28N2O3. The molecule has 5 nitrogen and oxygen atoms in total. The van der Waals surface area contributed by atoms with Crippen LogP contribution in [0.1, 0.15) is 25.8 Å². The molecule has 0 saturated carbocycles. The van der Waals surface area contributed by atoms with Crippen LogP contribution in [0.15, 0.2) is 24.3 Å². The lowest BCUT2D eigenvalue weighted by Crippen LogP contribution is -2.49. The van der Waals surface area contributed by atoms with Crippen molar-refractivity contribution in [1.82, 2.24) is 10.2 Å². The maximum atomic E-state index is 11.4. The van der Waals surface area contributed by atoms with Crippen LogP contribution in [-0.4, -0.2) is 50.3 Å². The fourth-order valence-corrected chi connectivity index (χ4v) is 2.93. The molecule has 23 heavy (non-hydrogen) atoms. The van der Waals surface area contributed by atoms with Gasteiger partial charge in [-0.1, -0.05) is 19.1 Å². The highest BCUT2D eigenvalue weighted by Gasteiger charge is 2.26. The van der Waals surface area contributed by atoms with E-state index in [4.69, 9.17) is 9.47 Å².